The van der Waals surface area contributed by atoms with Crippen LogP contribution in [-0.2, 0) is 0 Å². The van der Waals surface area contributed by atoms with Crippen LogP contribution < -0.4 is 16.0 Å². The molecular formula is C20H24N6OS. The summed E-state index contributed by atoms with van der Waals surface area (Å²) in [5.74, 6) is 1.14. The molecule has 28 heavy (non-hydrogen) atoms. The van der Waals surface area contributed by atoms with Gasteiger partial charge in [0, 0.05) is 30.5 Å². The van der Waals surface area contributed by atoms with Gasteiger partial charge in [-0.2, -0.15) is 4.98 Å². The van der Waals surface area contributed by atoms with Gasteiger partial charge >= 0.3 is 0 Å². The molecule has 0 fully saturated rings. The van der Waals surface area contributed by atoms with Crippen LogP contribution >= 0.6 is 11.3 Å². The van der Waals surface area contributed by atoms with E-state index in [1.54, 1.807) is 0 Å². The number of aromatic nitrogens is 3. The van der Waals surface area contributed by atoms with Crippen LogP contribution in [0.2, 0.25) is 0 Å². The van der Waals surface area contributed by atoms with Gasteiger partial charge in [-0.25, -0.2) is 9.97 Å². The minimum atomic E-state index is -0.100. The Kier molecular flexibility index (Phi) is 6.20. The average Bonchev–Trinajstić information content (AvgIpc) is 2.98. The van der Waals surface area contributed by atoms with Crippen molar-refractivity contribution >= 4 is 34.7 Å². The van der Waals surface area contributed by atoms with Crippen molar-refractivity contribution in [2.75, 3.05) is 23.7 Å². The van der Waals surface area contributed by atoms with Crippen molar-refractivity contribution in [3.05, 3.63) is 57.2 Å². The van der Waals surface area contributed by atoms with E-state index in [1.807, 2.05) is 51.1 Å². The van der Waals surface area contributed by atoms with Crippen molar-refractivity contribution in [2.45, 2.75) is 27.7 Å². The Hall–Kier alpha value is -3.00. The second-order valence-corrected chi connectivity index (χ2v) is 7.74. The molecule has 3 N–H and O–H groups in total. The lowest BCUT2D eigenvalue weighted by Gasteiger charge is -2.10. The zero-order valence-electron chi connectivity index (χ0n) is 16.5. The molecule has 3 aromatic rings. The second-order valence-electron chi connectivity index (χ2n) is 6.54. The SMILES string of the molecule is Cc1ccc(Nc2cc(C)nc(NCCNC(=O)c3sc(C)nc3C)n2)cc1. The van der Waals surface area contributed by atoms with Crippen LogP contribution in [0.5, 0.6) is 0 Å². The van der Waals surface area contributed by atoms with E-state index < -0.39 is 0 Å². The Morgan fingerprint density at radius 1 is 1.00 bits per heavy atom. The van der Waals surface area contributed by atoms with Crippen LogP contribution in [0.1, 0.15) is 31.6 Å². The van der Waals surface area contributed by atoms with E-state index >= 15 is 0 Å². The molecule has 0 aliphatic heterocycles. The highest BCUT2D eigenvalue weighted by molar-refractivity contribution is 7.13. The number of thiazole rings is 1. The summed E-state index contributed by atoms with van der Waals surface area (Å²) in [6.45, 7) is 8.71. The van der Waals surface area contributed by atoms with Crippen molar-refractivity contribution in [3.63, 3.8) is 0 Å². The number of benzene rings is 1. The highest BCUT2D eigenvalue weighted by Gasteiger charge is 2.13. The zero-order valence-corrected chi connectivity index (χ0v) is 17.3. The normalized spacial score (nSPS) is 10.6. The summed E-state index contributed by atoms with van der Waals surface area (Å²) in [5.41, 5.74) is 3.79. The fourth-order valence-corrected chi connectivity index (χ4v) is 3.51. The number of hydrogen-bond acceptors (Lipinski definition) is 7. The van der Waals surface area contributed by atoms with Crippen molar-refractivity contribution in [1.29, 1.82) is 0 Å². The molecule has 0 saturated heterocycles. The Balaban J connectivity index is 1.54. The summed E-state index contributed by atoms with van der Waals surface area (Å²) >= 11 is 1.41. The first kappa shape index (κ1) is 19.8. The lowest BCUT2D eigenvalue weighted by molar-refractivity contribution is 0.0958. The van der Waals surface area contributed by atoms with Crippen LogP contribution in [0.3, 0.4) is 0 Å². The number of carbonyl (C=O) groups excluding carboxylic acids is 1. The third kappa shape index (κ3) is 5.26. The van der Waals surface area contributed by atoms with Gasteiger partial charge in [-0.3, -0.25) is 4.79 Å². The van der Waals surface area contributed by atoms with E-state index in [0.717, 1.165) is 27.9 Å². The molecule has 0 aliphatic carbocycles. The highest BCUT2D eigenvalue weighted by atomic mass is 32.1. The molecule has 0 bridgehead atoms. The zero-order chi connectivity index (χ0) is 20.1. The molecular weight excluding hydrogens is 372 g/mol. The number of anilines is 3. The predicted octanol–water partition coefficient (Wildman–Crippen LogP) is 3.75. The molecule has 2 heterocycles. The van der Waals surface area contributed by atoms with Crippen molar-refractivity contribution in [3.8, 4) is 0 Å². The third-order valence-corrected chi connectivity index (χ3v) is 5.05. The molecule has 0 spiro atoms. The second kappa shape index (κ2) is 8.79. The van der Waals surface area contributed by atoms with Gasteiger partial charge in [0.1, 0.15) is 10.7 Å². The summed E-state index contributed by atoms with van der Waals surface area (Å²) in [6.07, 6.45) is 0. The molecule has 0 saturated carbocycles. The summed E-state index contributed by atoms with van der Waals surface area (Å²) in [5, 5.41) is 10.2. The molecule has 7 nitrogen and oxygen atoms in total. The topological polar surface area (TPSA) is 91.8 Å². The number of rotatable bonds is 7. The van der Waals surface area contributed by atoms with Gasteiger partial charge in [0.25, 0.3) is 5.91 Å². The Bertz CT molecular complexity index is 967. The van der Waals surface area contributed by atoms with Crippen molar-refractivity contribution in [2.24, 2.45) is 0 Å². The minimum Gasteiger partial charge on any atom is -0.352 e. The van der Waals surface area contributed by atoms with Crippen molar-refractivity contribution < 1.29 is 4.79 Å². The average molecular weight is 397 g/mol. The van der Waals surface area contributed by atoms with E-state index in [2.05, 4.69) is 37.8 Å². The molecule has 3 rings (SSSR count). The maximum Gasteiger partial charge on any atom is 0.263 e. The lowest BCUT2D eigenvalue weighted by Crippen LogP contribution is -2.29. The quantitative estimate of drug-likeness (QED) is 0.527. The first-order chi connectivity index (χ1) is 13.4. The van der Waals surface area contributed by atoms with Crippen LogP contribution in [0, 0.1) is 27.7 Å². The number of carbonyl (C=O) groups is 1. The fraction of sp³-hybridized carbons (Fsp3) is 0.300. The van der Waals surface area contributed by atoms with Crippen LogP contribution in [-0.4, -0.2) is 33.9 Å². The van der Waals surface area contributed by atoms with E-state index in [0.29, 0.717) is 23.9 Å². The Morgan fingerprint density at radius 3 is 2.43 bits per heavy atom. The Labute approximate surface area is 168 Å². The summed E-state index contributed by atoms with van der Waals surface area (Å²) in [6, 6.07) is 10.0. The van der Waals surface area contributed by atoms with Gasteiger partial charge in [0.2, 0.25) is 5.95 Å². The molecule has 0 radical (unpaired) electrons. The molecule has 146 valence electrons. The van der Waals surface area contributed by atoms with Gasteiger partial charge in [-0.15, -0.1) is 11.3 Å². The molecule has 1 amide bonds. The smallest absolute Gasteiger partial charge is 0.263 e. The number of aryl methyl sites for hydroxylation is 4. The maximum absolute atomic E-state index is 12.2. The molecule has 1 aromatic carbocycles. The van der Waals surface area contributed by atoms with E-state index in [1.165, 1.54) is 16.9 Å². The van der Waals surface area contributed by atoms with Crippen LogP contribution in [0.25, 0.3) is 0 Å². The maximum atomic E-state index is 12.2. The van der Waals surface area contributed by atoms with E-state index in [9.17, 15) is 4.79 Å². The van der Waals surface area contributed by atoms with Gasteiger partial charge < -0.3 is 16.0 Å². The number of hydrogen-bond donors (Lipinski definition) is 3. The van der Waals surface area contributed by atoms with E-state index in [4.69, 9.17) is 0 Å². The van der Waals surface area contributed by atoms with Crippen LogP contribution in [0.4, 0.5) is 17.5 Å². The third-order valence-electron chi connectivity index (χ3n) is 3.98. The first-order valence-electron chi connectivity index (χ1n) is 9.06. The molecule has 0 unspecified atom stereocenters. The van der Waals surface area contributed by atoms with Gasteiger partial charge in [-0.1, -0.05) is 17.7 Å². The standard InChI is InChI=1S/C20H24N6OS/c1-12-5-7-16(8-6-12)25-17-11-13(2)23-20(26-17)22-10-9-21-19(27)18-14(3)24-15(4)28-18/h5-8,11H,9-10H2,1-4H3,(H,21,27)(H2,22,23,25,26). The molecule has 2 aromatic heterocycles. The Morgan fingerprint density at radius 2 is 1.75 bits per heavy atom. The minimum absolute atomic E-state index is 0.100. The molecule has 0 aliphatic rings. The monoisotopic (exact) mass is 396 g/mol. The summed E-state index contributed by atoms with van der Waals surface area (Å²) < 4.78 is 0. The van der Waals surface area contributed by atoms with Gasteiger partial charge in [0.15, 0.2) is 0 Å². The van der Waals surface area contributed by atoms with Crippen LogP contribution in [0.15, 0.2) is 30.3 Å². The largest absolute Gasteiger partial charge is 0.352 e. The fourth-order valence-electron chi connectivity index (χ4n) is 2.67. The van der Waals surface area contributed by atoms with Crippen molar-refractivity contribution in [1.82, 2.24) is 20.3 Å². The summed E-state index contributed by atoms with van der Waals surface area (Å²) in [4.78, 5) is 26.0. The molecule has 8 heteroatoms. The number of nitrogens with zero attached hydrogens (tertiary/aromatic N) is 3. The number of nitrogens with one attached hydrogen (secondary N) is 3. The van der Waals surface area contributed by atoms with Gasteiger partial charge in [-0.05, 0) is 39.8 Å². The van der Waals surface area contributed by atoms with E-state index in [-0.39, 0.29) is 5.91 Å². The summed E-state index contributed by atoms with van der Waals surface area (Å²) in [7, 11) is 0. The predicted molar refractivity (Wildman–Crippen MR) is 114 cm³/mol. The van der Waals surface area contributed by atoms with Gasteiger partial charge in [0.05, 0.1) is 10.7 Å². The lowest BCUT2D eigenvalue weighted by atomic mass is 10.2. The highest BCUT2D eigenvalue weighted by Crippen LogP contribution is 2.18. The molecule has 0 atom stereocenters. The first-order valence-corrected chi connectivity index (χ1v) is 9.88. The number of amides is 1.